The number of rotatable bonds is 4. The van der Waals surface area contributed by atoms with Crippen molar-refractivity contribution in [2.75, 3.05) is 19.8 Å². The Kier molecular flexibility index (Phi) is 3.90. The van der Waals surface area contributed by atoms with Gasteiger partial charge in [-0.05, 0) is 12.1 Å². The quantitative estimate of drug-likeness (QED) is 0.878. The molecule has 1 saturated heterocycles. The number of aromatic nitrogens is 1. The molecule has 1 aliphatic rings. The van der Waals surface area contributed by atoms with Crippen molar-refractivity contribution in [2.45, 2.75) is 24.9 Å². The van der Waals surface area contributed by atoms with Gasteiger partial charge in [-0.2, -0.15) is 0 Å². The van der Waals surface area contributed by atoms with E-state index < -0.39 is 5.60 Å². The standard InChI is InChI=1S/C15H18N2O4/c18-14(16-10-15(19)5-7-20-8-6-15)9-12-11-3-1-2-4-13(11)21-17-12/h1-4,19H,5-10H2,(H,16,18). The summed E-state index contributed by atoms with van der Waals surface area (Å²) in [6, 6.07) is 7.43. The fourth-order valence-corrected chi connectivity index (χ4v) is 2.47. The van der Waals surface area contributed by atoms with Gasteiger partial charge in [0.1, 0.15) is 5.69 Å². The first-order valence-electron chi connectivity index (χ1n) is 7.06. The first kappa shape index (κ1) is 14.0. The van der Waals surface area contributed by atoms with Crippen LogP contribution >= 0.6 is 0 Å². The maximum atomic E-state index is 12.0. The minimum atomic E-state index is -0.861. The number of amides is 1. The molecule has 0 saturated carbocycles. The second kappa shape index (κ2) is 5.83. The van der Waals surface area contributed by atoms with E-state index in [4.69, 9.17) is 9.26 Å². The van der Waals surface area contributed by atoms with E-state index >= 15 is 0 Å². The summed E-state index contributed by atoms with van der Waals surface area (Å²) in [5, 5.41) is 17.8. The molecular formula is C15H18N2O4. The molecule has 0 unspecified atom stereocenters. The van der Waals surface area contributed by atoms with Gasteiger partial charge in [-0.25, -0.2) is 0 Å². The van der Waals surface area contributed by atoms with Crippen molar-refractivity contribution in [2.24, 2.45) is 0 Å². The zero-order valence-corrected chi connectivity index (χ0v) is 11.7. The summed E-state index contributed by atoms with van der Waals surface area (Å²) >= 11 is 0. The molecule has 112 valence electrons. The molecule has 0 radical (unpaired) electrons. The largest absolute Gasteiger partial charge is 0.388 e. The van der Waals surface area contributed by atoms with E-state index in [1.165, 1.54) is 0 Å². The Balaban J connectivity index is 1.59. The van der Waals surface area contributed by atoms with Crippen LogP contribution in [0.25, 0.3) is 11.0 Å². The lowest BCUT2D eigenvalue weighted by Gasteiger charge is -2.32. The van der Waals surface area contributed by atoms with Gasteiger partial charge >= 0.3 is 0 Å². The van der Waals surface area contributed by atoms with Gasteiger partial charge in [0.15, 0.2) is 5.58 Å². The van der Waals surface area contributed by atoms with E-state index in [9.17, 15) is 9.90 Å². The lowest BCUT2D eigenvalue weighted by Crippen LogP contribution is -2.47. The Morgan fingerprint density at radius 3 is 2.90 bits per heavy atom. The van der Waals surface area contributed by atoms with Crippen LogP contribution in [0.5, 0.6) is 0 Å². The third-order valence-electron chi connectivity index (χ3n) is 3.82. The zero-order chi connectivity index (χ0) is 14.7. The molecule has 2 N–H and O–H groups in total. The molecule has 1 aromatic carbocycles. The highest BCUT2D eigenvalue weighted by Crippen LogP contribution is 2.20. The highest BCUT2D eigenvalue weighted by atomic mass is 16.5. The van der Waals surface area contributed by atoms with E-state index in [0.717, 1.165) is 5.39 Å². The van der Waals surface area contributed by atoms with Gasteiger partial charge in [0.25, 0.3) is 0 Å². The van der Waals surface area contributed by atoms with E-state index in [1.807, 2.05) is 24.3 Å². The Hall–Kier alpha value is -1.92. The third-order valence-corrected chi connectivity index (χ3v) is 3.82. The molecule has 6 heteroatoms. The van der Waals surface area contributed by atoms with E-state index in [1.54, 1.807) is 0 Å². The van der Waals surface area contributed by atoms with Crippen molar-refractivity contribution in [1.82, 2.24) is 10.5 Å². The number of carbonyl (C=O) groups is 1. The summed E-state index contributed by atoms with van der Waals surface area (Å²) in [6.07, 6.45) is 1.23. The first-order valence-corrected chi connectivity index (χ1v) is 7.06. The molecule has 1 aromatic heterocycles. The smallest absolute Gasteiger partial charge is 0.226 e. The molecule has 1 aliphatic heterocycles. The Morgan fingerprint density at radius 1 is 1.33 bits per heavy atom. The van der Waals surface area contributed by atoms with Gasteiger partial charge in [0.2, 0.25) is 5.91 Å². The molecule has 0 spiro atoms. The number of nitrogens with zero attached hydrogens (tertiary/aromatic N) is 1. The predicted molar refractivity (Wildman–Crippen MR) is 75.7 cm³/mol. The number of carbonyl (C=O) groups excluding carboxylic acids is 1. The summed E-state index contributed by atoms with van der Waals surface area (Å²) in [5.74, 6) is -0.172. The van der Waals surface area contributed by atoms with E-state index in [-0.39, 0.29) is 18.9 Å². The predicted octanol–water partition coefficient (Wildman–Crippen LogP) is 1.03. The normalized spacial score (nSPS) is 17.8. The van der Waals surface area contributed by atoms with Crippen LogP contribution in [0.1, 0.15) is 18.5 Å². The van der Waals surface area contributed by atoms with Crippen LogP contribution in [0.15, 0.2) is 28.8 Å². The van der Waals surface area contributed by atoms with Crippen molar-refractivity contribution in [3.8, 4) is 0 Å². The summed E-state index contributed by atoms with van der Waals surface area (Å²) in [4.78, 5) is 12.0. The van der Waals surface area contributed by atoms with Crippen molar-refractivity contribution in [1.29, 1.82) is 0 Å². The molecule has 21 heavy (non-hydrogen) atoms. The van der Waals surface area contributed by atoms with Crippen LogP contribution in [0.3, 0.4) is 0 Å². The average Bonchev–Trinajstić information content (AvgIpc) is 2.90. The Labute approximate surface area is 122 Å². The minimum absolute atomic E-state index is 0.142. The molecular weight excluding hydrogens is 272 g/mol. The van der Waals surface area contributed by atoms with Gasteiger partial charge in [-0.3, -0.25) is 4.79 Å². The number of hydrogen-bond donors (Lipinski definition) is 2. The maximum Gasteiger partial charge on any atom is 0.226 e. The molecule has 1 amide bonds. The zero-order valence-electron chi connectivity index (χ0n) is 11.7. The highest BCUT2D eigenvalue weighted by molar-refractivity contribution is 5.86. The van der Waals surface area contributed by atoms with Crippen molar-refractivity contribution >= 4 is 16.9 Å². The lowest BCUT2D eigenvalue weighted by molar-refractivity contribution is -0.123. The first-order chi connectivity index (χ1) is 10.2. The summed E-state index contributed by atoms with van der Waals surface area (Å²) in [5.41, 5.74) is 0.421. The van der Waals surface area contributed by atoms with Crippen LogP contribution < -0.4 is 5.32 Å². The molecule has 0 bridgehead atoms. The molecule has 1 fully saturated rings. The SMILES string of the molecule is O=C(Cc1noc2ccccc12)NCC1(O)CCOCC1. The molecule has 6 nitrogen and oxygen atoms in total. The molecule has 0 atom stereocenters. The molecule has 0 aliphatic carbocycles. The summed E-state index contributed by atoms with van der Waals surface area (Å²) in [6.45, 7) is 1.30. The number of ether oxygens (including phenoxy) is 1. The summed E-state index contributed by atoms with van der Waals surface area (Å²) in [7, 11) is 0. The van der Waals surface area contributed by atoms with Crippen LogP contribution in [0, 0.1) is 0 Å². The molecule has 2 aromatic rings. The minimum Gasteiger partial charge on any atom is -0.388 e. The fraction of sp³-hybridized carbons (Fsp3) is 0.467. The van der Waals surface area contributed by atoms with Crippen LogP contribution in [0.2, 0.25) is 0 Å². The topological polar surface area (TPSA) is 84.6 Å². The summed E-state index contributed by atoms with van der Waals surface area (Å²) < 4.78 is 10.4. The molecule has 2 heterocycles. The third kappa shape index (κ3) is 3.22. The number of nitrogens with one attached hydrogen (secondary N) is 1. The van der Waals surface area contributed by atoms with Crippen molar-refractivity contribution in [3.05, 3.63) is 30.0 Å². The monoisotopic (exact) mass is 290 g/mol. The number of fused-ring (bicyclic) bond motifs is 1. The van der Waals surface area contributed by atoms with E-state index in [0.29, 0.717) is 37.3 Å². The van der Waals surface area contributed by atoms with E-state index in [2.05, 4.69) is 10.5 Å². The highest BCUT2D eigenvalue weighted by Gasteiger charge is 2.30. The number of aliphatic hydroxyl groups is 1. The van der Waals surface area contributed by atoms with Crippen LogP contribution in [-0.2, 0) is 16.0 Å². The van der Waals surface area contributed by atoms with Gasteiger partial charge in [0, 0.05) is 38.0 Å². The Bertz CT molecular complexity index is 631. The number of para-hydroxylation sites is 1. The Morgan fingerprint density at radius 2 is 2.10 bits per heavy atom. The van der Waals surface area contributed by atoms with Gasteiger partial charge < -0.3 is 19.7 Å². The lowest BCUT2D eigenvalue weighted by atomic mass is 9.94. The van der Waals surface area contributed by atoms with Crippen LogP contribution in [-0.4, -0.2) is 41.5 Å². The second-order valence-corrected chi connectivity index (χ2v) is 5.42. The van der Waals surface area contributed by atoms with Gasteiger partial charge in [-0.15, -0.1) is 0 Å². The van der Waals surface area contributed by atoms with Gasteiger partial charge in [0.05, 0.1) is 12.0 Å². The fourth-order valence-electron chi connectivity index (χ4n) is 2.47. The van der Waals surface area contributed by atoms with Crippen molar-refractivity contribution < 1.29 is 19.2 Å². The number of benzene rings is 1. The number of hydrogen-bond acceptors (Lipinski definition) is 5. The average molecular weight is 290 g/mol. The molecule has 3 rings (SSSR count). The second-order valence-electron chi connectivity index (χ2n) is 5.42. The maximum absolute atomic E-state index is 12.0. The van der Waals surface area contributed by atoms with Gasteiger partial charge in [-0.1, -0.05) is 17.3 Å². The van der Waals surface area contributed by atoms with Crippen molar-refractivity contribution in [3.63, 3.8) is 0 Å². The van der Waals surface area contributed by atoms with Crippen LogP contribution in [0.4, 0.5) is 0 Å².